The van der Waals surface area contributed by atoms with Gasteiger partial charge in [0.25, 0.3) is 0 Å². The van der Waals surface area contributed by atoms with Crippen molar-refractivity contribution in [2.75, 3.05) is 45.8 Å². The molecule has 0 aromatic heterocycles. The lowest BCUT2D eigenvalue weighted by molar-refractivity contribution is -0.123. The average Bonchev–Trinajstić information content (AvgIpc) is 2.79. The Hall–Kier alpha value is -2.58. The average molecular weight is 441 g/mol. The number of hydrogen-bond acceptors (Lipinski definition) is 6. The van der Waals surface area contributed by atoms with Gasteiger partial charge in [0.2, 0.25) is 5.91 Å². The molecule has 0 spiro atoms. The van der Waals surface area contributed by atoms with E-state index >= 15 is 0 Å². The second-order valence-electron chi connectivity index (χ2n) is 8.86. The first kappa shape index (κ1) is 22.6. The molecule has 1 aromatic rings. The number of piperazine rings is 1. The van der Waals surface area contributed by atoms with Crippen LogP contribution in [0.2, 0.25) is 0 Å². The number of nitrogens with zero attached hydrogens (tertiary/aromatic N) is 4. The van der Waals surface area contributed by atoms with E-state index in [2.05, 4.69) is 43.7 Å². The molecule has 3 aliphatic rings. The van der Waals surface area contributed by atoms with Gasteiger partial charge in [-0.1, -0.05) is 19.1 Å². The normalized spacial score (nSPS) is 24.8. The topological polar surface area (TPSA) is 72.3 Å². The van der Waals surface area contributed by atoms with Gasteiger partial charge in [0.1, 0.15) is 11.6 Å². The molecular formula is C24H33FN6O. The number of piperidine rings is 1. The molecule has 2 fully saturated rings. The van der Waals surface area contributed by atoms with Crippen molar-refractivity contribution in [3.8, 4) is 0 Å². The van der Waals surface area contributed by atoms with Crippen LogP contribution < -0.4 is 10.6 Å². The molecule has 172 valence electrons. The summed E-state index contributed by atoms with van der Waals surface area (Å²) in [5.41, 5.74) is 2.04. The number of azo groups is 1. The molecule has 2 saturated heterocycles. The van der Waals surface area contributed by atoms with E-state index in [0.29, 0.717) is 12.6 Å². The highest BCUT2D eigenvalue weighted by Crippen LogP contribution is 2.29. The SMILES string of the molecule is CC1C/C=C(\N2CCN(CC(=O)NC3CCNCC3)CC2)N=NC=C1c1ccc(F)cc1. The summed E-state index contributed by atoms with van der Waals surface area (Å²) in [6.07, 6.45) is 6.80. The van der Waals surface area contributed by atoms with Crippen molar-refractivity contribution in [2.24, 2.45) is 16.1 Å². The molecular weight excluding hydrogens is 407 g/mol. The second-order valence-corrected chi connectivity index (χ2v) is 8.86. The lowest BCUT2D eigenvalue weighted by Gasteiger charge is -2.36. The first-order valence-corrected chi connectivity index (χ1v) is 11.6. The van der Waals surface area contributed by atoms with Crippen molar-refractivity contribution in [1.29, 1.82) is 0 Å². The van der Waals surface area contributed by atoms with Crippen molar-refractivity contribution < 1.29 is 9.18 Å². The molecule has 0 bridgehead atoms. The summed E-state index contributed by atoms with van der Waals surface area (Å²) < 4.78 is 13.3. The minimum atomic E-state index is -0.237. The highest BCUT2D eigenvalue weighted by molar-refractivity contribution is 5.78. The van der Waals surface area contributed by atoms with E-state index in [1.54, 1.807) is 18.3 Å². The number of carbonyl (C=O) groups excluding carboxylic acids is 1. The number of carbonyl (C=O) groups is 1. The molecule has 1 aromatic carbocycles. The van der Waals surface area contributed by atoms with Gasteiger partial charge in [0.15, 0.2) is 0 Å². The summed E-state index contributed by atoms with van der Waals surface area (Å²) in [7, 11) is 0. The number of nitrogens with one attached hydrogen (secondary N) is 2. The van der Waals surface area contributed by atoms with Gasteiger partial charge in [0.05, 0.1) is 12.7 Å². The van der Waals surface area contributed by atoms with Crippen LogP contribution in [0.25, 0.3) is 5.57 Å². The van der Waals surface area contributed by atoms with Crippen LogP contribution >= 0.6 is 0 Å². The molecule has 7 nitrogen and oxygen atoms in total. The third kappa shape index (κ3) is 6.01. The number of benzene rings is 1. The maximum absolute atomic E-state index is 13.3. The Morgan fingerprint density at radius 1 is 1.16 bits per heavy atom. The first-order valence-electron chi connectivity index (χ1n) is 11.6. The molecule has 1 amide bonds. The van der Waals surface area contributed by atoms with Gasteiger partial charge >= 0.3 is 0 Å². The maximum atomic E-state index is 13.3. The van der Waals surface area contributed by atoms with Crippen molar-refractivity contribution in [3.05, 3.63) is 53.7 Å². The predicted octanol–water partition coefficient (Wildman–Crippen LogP) is 2.99. The van der Waals surface area contributed by atoms with Gasteiger partial charge in [-0.2, -0.15) is 5.11 Å². The van der Waals surface area contributed by atoms with Gasteiger partial charge in [-0.05, 0) is 67.6 Å². The number of hydrogen-bond donors (Lipinski definition) is 2. The van der Waals surface area contributed by atoms with Gasteiger partial charge in [0, 0.05) is 32.2 Å². The van der Waals surface area contributed by atoms with E-state index in [1.807, 2.05) is 0 Å². The summed E-state index contributed by atoms with van der Waals surface area (Å²) in [5.74, 6) is 1.04. The van der Waals surface area contributed by atoms with E-state index in [9.17, 15) is 9.18 Å². The highest BCUT2D eigenvalue weighted by atomic mass is 19.1. The fourth-order valence-electron chi connectivity index (χ4n) is 4.50. The molecule has 0 saturated carbocycles. The van der Waals surface area contributed by atoms with Gasteiger partial charge in [-0.15, -0.1) is 5.11 Å². The Labute approximate surface area is 189 Å². The van der Waals surface area contributed by atoms with Gasteiger partial charge in [-0.25, -0.2) is 4.39 Å². The quantitative estimate of drug-likeness (QED) is 0.738. The first-order chi connectivity index (χ1) is 15.6. The second kappa shape index (κ2) is 10.8. The van der Waals surface area contributed by atoms with Gasteiger partial charge < -0.3 is 15.5 Å². The summed E-state index contributed by atoms with van der Waals surface area (Å²) in [5, 5.41) is 15.3. The van der Waals surface area contributed by atoms with Crippen molar-refractivity contribution in [1.82, 2.24) is 20.4 Å². The molecule has 32 heavy (non-hydrogen) atoms. The lowest BCUT2D eigenvalue weighted by Crippen LogP contribution is -2.51. The number of rotatable bonds is 5. The smallest absolute Gasteiger partial charge is 0.234 e. The number of allylic oxidation sites excluding steroid dienone is 2. The zero-order valence-electron chi connectivity index (χ0n) is 18.8. The van der Waals surface area contributed by atoms with Crippen molar-refractivity contribution in [3.63, 3.8) is 0 Å². The van der Waals surface area contributed by atoms with Crippen LogP contribution in [0.15, 0.2) is 52.6 Å². The lowest BCUT2D eigenvalue weighted by atomic mass is 9.92. The molecule has 8 heteroatoms. The largest absolute Gasteiger partial charge is 0.353 e. The fourth-order valence-corrected chi connectivity index (χ4v) is 4.50. The fraction of sp³-hybridized carbons (Fsp3) is 0.542. The standard InChI is InChI=1S/C24H33FN6O/c1-18-2-7-23(29-27-16-22(18)19-3-5-20(25)6-4-19)31-14-12-30(13-15-31)17-24(32)28-21-8-10-26-11-9-21/h3-7,16,18,21,26H,2,8-15,17H2,1H3,(H,28,32)/b22-16?,23-7-,29-27?. The third-order valence-corrected chi connectivity index (χ3v) is 6.49. The molecule has 1 unspecified atom stereocenters. The monoisotopic (exact) mass is 440 g/mol. The van der Waals surface area contributed by atoms with Crippen LogP contribution in [0, 0.1) is 11.7 Å². The molecule has 2 N–H and O–H groups in total. The van der Waals surface area contributed by atoms with Crippen molar-refractivity contribution >= 4 is 11.5 Å². The van der Waals surface area contributed by atoms with Crippen LogP contribution in [-0.4, -0.2) is 67.6 Å². The summed E-state index contributed by atoms with van der Waals surface area (Å²) >= 11 is 0. The summed E-state index contributed by atoms with van der Waals surface area (Å²) in [6, 6.07) is 6.85. The van der Waals surface area contributed by atoms with E-state index in [0.717, 1.165) is 75.5 Å². The summed E-state index contributed by atoms with van der Waals surface area (Å²) in [6.45, 7) is 7.89. The number of amides is 1. The minimum absolute atomic E-state index is 0.127. The van der Waals surface area contributed by atoms with E-state index in [-0.39, 0.29) is 17.6 Å². The Morgan fingerprint density at radius 2 is 1.88 bits per heavy atom. The van der Waals surface area contributed by atoms with Crippen LogP contribution in [-0.2, 0) is 4.79 Å². The molecule has 3 aliphatic heterocycles. The zero-order chi connectivity index (χ0) is 22.3. The molecule has 4 rings (SSSR count). The van der Waals surface area contributed by atoms with Crippen LogP contribution in [0.5, 0.6) is 0 Å². The van der Waals surface area contributed by atoms with Crippen LogP contribution in [0.4, 0.5) is 4.39 Å². The Bertz CT molecular complexity index is 867. The zero-order valence-corrected chi connectivity index (χ0v) is 18.8. The van der Waals surface area contributed by atoms with Crippen LogP contribution in [0.3, 0.4) is 0 Å². The molecule has 0 aliphatic carbocycles. The van der Waals surface area contributed by atoms with E-state index in [4.69, 9.17) is 0 Å². The van der Waals surface area contributed by atoms with E-state index in [1.165, 1.54) is 12.1 Å². The molecule has 3 heterocycles. The molecule has 1 atom stereocenters. The molecule has 0 radical (unpaired) electrons. The highest BCUT2D eigenvalue weighted by Gasteiger charge is 2.23. The van der Waals surface area contributed by atoms with E-state index < -0.39 is 0 Å². The van der Waals surface area contributed by atoms with Gasteiger partial charge in [-0.3, -0.25) is 9.69 Å². The Balaban J connectivity index is 1.29. The Kier molecular flexibility index (Phi) is 7.65. The minimum Gasteiger partial charge on any atom is -0.353 e. The maximum Gasteiger partial charge on any atom is 0.234 e. The number of halogens is 1. The van der Waals surface area contributed by atoms with Crippen molar-refractivity contribution in [2.45, 2.75) is 32.2 Å². The van der Waals surface area contributed by atoms with Crippen LogP contribution in [0.1, 0.15) is 31.7 Å². The third-order valence-electron chi connectivity index (χ3n) is 6.49. The predicted molar refractivity (Wildman–Crippen MR) is 123 cm³/mol. The Morgan fingerprint density at radius 3 is 2.59 bits per heavy atom. The summed E-state index contributed by atoms with van der Waals surface area (Å²) in [4.78, 5) is 16.8.